The zero-order valence-corrected chi connectivity index (χ0v) is 19.4. The third-order valence-electron chi connectivity index (χ3n) is 6.19. The molecule has 0 aliphatic carbocycles. The van der Waals surface area contributed by atoms with Gasteiger partial charge < -0.3 is 0 Å². The van der Waals surface area contributed by atoms with Gasteiger partial charge >= 0.3 is 0 Å². The number of hydrogen-bond donors (Lipinski definition) is 0. The van der Waals surface area contributed by atoms with Crippen LogP contribution in [0, 0.1) is 0 Å². The molecule has 4 heterocycles. The Morgan fingerprint density at radius 2 is 1.03 bits per heavy atom. The summed E-state index contributed by atoms with van der Waals surface area (Å²) in [6, 6.07) is 30.9. The predicted molar refractivity (Wildman–Crippen MR) is 140 cm³/mol. The average Bonchev–Trinajstić information content (AvgIpc) is 2.86. The van der Waals surface area contributed by atoms with Crippen LogP contribution in [0.5, 0.6) is 0 Å². The molecule has 0 amide bonds. The fraction of sp³-hybridized carbons (Fsp3) is 0.133. The van der Waals surface area contributed by atoms with Crippen molar-refractivity contribution in [2.75, 3.05) is 0 Å². The minimum Gasteiger partial charge on any atom is -0.246 e. The van der Waals surface area contributed by atoms with Crippen molar-refractivity contribution in [1.29, 1.82) is 0 Å². The molecule has 0 radical (unpaired) electrons. The van der Waals surface area contributed by atoms with Crippen molar-refractivity contribution in [2.24, 2.45) is 0 Å². The second-order valence-electron chi connectivity index (χ2n) is 9.68. The van der Waals surface area contributed by atoms with E-state index in [9.17, 15) is 0 Å². The van der Waals surface area contributed by atoms with E-state index in [1.165, 1.54) is 5.56 Å². The molecule has 2 aromatic carbocycles. The topological polar surface area (TPSA) is 51.6 Å². The van der Waals surface area contributed by atoms with Crippen LogP contribution in [0.4, 0.5) is 0 Å². The summed E-state index contributed by atoms with van der Waals surface area (Å²) in [4.78, 5) is 19.6. The molecule has 4 aromatic heterocycles. The van der Waals surface area contributed by atoms with Crippen molar-refractivity contribution < 1.29 is 0 Å². The molecule has 164 valence electrons. The van der Waals surface area contributed by atoms with Gasteiger partial charge in [-0.15, -0.1) is 0 Å². The zero-order chi connectivity index (χ0) is 23.3. The number of fused-ring (bicyclic) bond motifs is 3. The molecule has 0 spiro atoms. The molecule has 6 aromatic rings. The summed E-state index contributed by atoms with van der Waals surface area (Å²) >= 11 is 0. The first-order valence-electron chi connectivity index (χ1n) is 11.5. The largest absolute Gasteiger partial charge is 0.246 e. The molecular weight excluding hydrogens is 416 g/mol. The highest BCUT2D eigenvalue weighted by atomic mass is 14.8. The van der Waals surface area contributed by atoms with Crippen molar-refractivity contribution in [2.45, 2.75) is 26.2 Å². The molecule has 0 bridgehead atoms. The Hall–Kier alpha value is -4.18. The normalized spacial score (nSPS) is 12.0. The first-order valence-corrected chi connectivity index (χ1v) is 11.5. The Morgan fingerprint density at radius 1 is 0.441 bits per heavy atom. The molecule has 0 saturated heterocycles. The molecule has 0 N–H and O–H groups in total. The maximum Gasteiger partial charge on any atom is 0.0901 e. The van der Waals surface area contributed by atoms with Crippen molar-refractivity contribution in [3.63, 3.8) is 0 Å². The summed E-state index contributed by atoms with van der Waals surface area (Å²) < 4.78 is 0. The van der Waals surface area contributed by atoms with Crippen LogP contribution >= 0.6 is 0 Å². The van der Waals surface area contributed by atoms with Gasteiger partial charge in [0.05, 0.1) is 44.8 Å². The van der Waals surface area contributed by atoms with E-state index < -0.39 is 0 Å². The SMILES string of the molecule is CC(C)(C)c1cc(-c2ccc3ccccc3n2)nc(-c2ccc3nc4ccccc4cc3n2)c1. The van der Waals surface area contributed by atoms with Gasteiger partial charge in [-0.2, -0.15) is 0 Å². The number of para-hydroxylation sites is 2. The second-order valence-corrected chi connectivity index (χ2v) is 9.68. The van der Waals surface area contributed by atoms with Gasteiger partial charge in [-0.25, -0.2) is 19.9 Å². The number of rotatable bonds is 2. The van der Waals surface area contributed by atoms with Gasteiger partial charge in [-0.05, 0) is 59.5 Å². The summed E-state index contributed by atoms with van der Waals surface area (Å²) in [5, 5.41) is 2.20. The smallest absolute Gasteiger partial charge is 0.0901 e. The van der Waals surface area contributed by atoms with Crippen LogP contribution in [0.25, 0.3) is 55.6 Å². The van der Waals surface area contributed by atoms with Gasteiger partial charge in [0, 0.05) is 10.8 Å². The van der Waals surface area contributed by atoms with Gasteiger partial charge in [-0.3, -0.25) is 0 Å². The van der Waals surface area contributed by atoms with Crippen LogP contribution in [-0.2, 0) is 5.41 Å². The average molecular weight is 441 g/mol. The van der Waals surface area contributed by atoms with Crippen LogP contribution in [0.3, 0.4) is 0 Å². The Labute approximate surface area is 198 Å². The standard InChI is InChI=1S/C30H24N4/c1-30(2,3)21-17-28(24-13-12-19-8-4-6-10-22(19)31-24)34-29(18-21)26-15-14-25-27(33-26)16-20-9-5-7-11-23(20)32-25/h4-18H,1-3H3. The zero-order valence-electron chi connectivity index (χ0n) is 19.4. The van der Waals surface area contributed by atoms with Crippen molar-refractivity contribution in [1.82, 2.24) is 19.9 Å². The van der Waals surface area contributed by atoms with E-state index >= 15 is 0 Å². The highest BCUT2D eigenvalue weighted by Crippen LogP contribution is 2.31. The maximum atomic E-state index is 5.02. The number of pyridine rings is 4. The van der Waals surface area contributed by atoms with Crippen molar-refractivity contribution in [3.05, 3.63) is 96.6 Å². The Kier molecular flexibility index (Phi) is 4.63. The monoisotopic (exact) mass is 440 g/mol. The predicted octanol–water partition coefficient (Wildman–Crippen LogP) is 7.36. The maximum absolute atomic E-state index is 5.02. The van der Waals surface area contributed by atoms with Crippen LogP contribution in [0.1, 0.15) is 26.3 Å². The molecule has 0 saturated carbocycles. The molecule has 6 rings (SSSR count). The second kappa shape index (κ2) is 7.70. The molecule has 0 aliphatic rings. The van der Waals surface area contributed by atoms with E-state index in [2.05, 4.69) is 57.2 Å². The Morgan fingerprint density at radius 3 is 1.74 bits per heavy atom. The number of nitrogens with zero attached hydrogens (tertiary/aromatic N) is 4. The van der Waals surface area contributed by atoms with Crippen molar-refractivity contribution in [3.8, 4) is 22.8 Å². The Bertz CT molecular complexity index is 1700. The summed E-state index contributed by atoms with van der Waals surface area (Å²) in [6.45, 7) is 6.65. The van der Waals surface area contributed by atoms with Crippen molar-refractivity contribution >= 4 is 32.8 Å². The number of aromatic nitrogens is 4. The fourth-order valence-corrected chi connectivity index (χ4v) is 4.23. The van der Waals surface area contributed by atoms with Crippen LogP contribution in [0.15, 0.2) is 91.0 Å². The van der Waals surface area contributed by atoms with Gasteiger partial charge in [0.15, 0.2) is 0 Å². The third-order valence-corrected chi connectivity index (χ3v) is 6.19. The lowest BCUT2D eigenvalue weighted by Crippen LogP contribution is -2.12. The molecule has 4 heteroatoms. The molecular formula is C30H24N4. The molecule has 34 heavy (non-hydrogen) atoms. The van der Waals surface area contributed by atoms with Gasteiger partial charge in [0.25, 0.3) is 0 Å². The molecule has 0 aliphatic heterocycles. The number of benzene rings is 2. The summed E-state index contributed by atoms with van der Waals surface area (Å²) in [6.07, 6.45) is 0. The van der Waals surface area contributed by atoms with E-state index in [1.807, 2.05) is 54.6 Å². The van der Waals surface area contributed by atoms with E-state index in [1.54, 1.807) is 0 Å². The lowest BCUT2D eigenvalue weighted by Gasteiger charge is -2.21. The van der Waals surface area contributed by atoms with E-state index in [-0.39, 0.29) is 5.41 Å². The first kappa shape index (κ1) is 20.4. The summed E-state index contributed by atoms with van der Waals surface area (Å²) in [5.74, 6) is 0. The quantitative estimate of drug-likeness (QED) is 0.264. The molecule has 4 nitrogen and oxygen atoms in total. The summed E-state index contributed by atoms with van der Waals surface area (Å²) in [5.41, 5.74) is 8.22. The molecule has 0 unspecified atom stereocenters. The fourth-order valence-electron chi connectivity index (χ4n) is 4.23. The van der Waals surface area contributed by atoms with Crippen LogP contribution in [0.2, 0.25) is 0 Å². The van der Waals surface area contributed by atoms with Gasteiger partial charge in [0.2, 0.25) is 0 Å². The Balaban J connectivity index is 1.53. The van der Waals surface area contributed by atoms with Gasteiger partial charge in [-0.1, -0.05) is 63.2 Å². The van der Waals surface area contributed by atoms with E-state index in [0.29, 0.717) is 0 Å². The lowest BCUT2D eigenvalue weighted by atomic mass is 9.86. The van der Waals surface area contributed by atoms with Crippen LogP contribution < -0.4 is 0 Å². The molecule has 0 fully saturated rings. The van der Waals surface area contributed by atoms with Gasteiger partial charge in [0.1, 0.15) is 0 Å². The highest BCUT2D eigenvalue weighted by molar-refractivity contribution is 5.91. The third kappa shape index (κ3) is 3.67. The van der Waals surface area contributed by atoms with E-state index in [0.717, 1.165) is 55.6 Å². The lowest BCUT2D eigenvalue weighted by molar-refractivity contribution is 0.590. The van der Waals surface area contributed by atoms with E-state index in [4.69, 9.17) is 19.9 Å². The molecule has 0 atom stereocenters. The summed E-state index contributed by atoms with van der Waals surface area (Å²) in [7, 11) is 0. The number of hydrogen-bond acceptors (Lipinski definition) is 4. The highest BCUT2D eigenvalue weighted by Gasteiger charge is 2.19. The minimum atomic E-state index is -0.0438. The minimum absolute atomic E-state index is 0.0438. The van der Waals surface area contributed by atoms with Crippen LogP contribution in [-0.4, -0.2) is 19.9 Å². The first-order chi connectivity index (χ1) is 16.4.